The molecular formula is C14H18BrNO3. The molecule has 2 aliphatic heterocycles. The van der Waals surface area contributed by atoms with Crippen molar-refractivity contribution in [3.8, 4) is 11.5 Å². The van der Waals surface area contributed by atoms with Crippen LogP contribution >= 0.6 is 15.9 Å². The zero-order valence-corrected chi connectivity index (χ0v) is 12.3. The molecule has 0 spiro atoms. The van der Waals surface area contributed by atoms with E-state index in [1.54, 1.807) is 0 Å². The van der Waals surface area contributed by atoms with Crippen molar-refractivity contribution in [2.45, 2.75) is 31.4 Å². The van der Waals surface area contributed by atoms with Crippen LogP contribution < -0.4 is 15.2 Å². The molecule has 0 radical (unpaired) electrons. The summed E-state index contributed by atoms with van der Waals surface area (Å²) in [6, 6.07) is 3.88. The Morgan fingerprint density at radius 3 is 2.63 bits per heavy atom. The van der Waals surface area contributed by atoms with Crippen molar-refractivity contribution < 1.29 is 14.2 Å². The fourth-order valence-electron chi connectivity index (χ4n) is 2.60. The van der Waals surface area contributed by atoms with E-state index in [0.717, 1.165) is 47.4 Å². The van der Waals surface area contributed by atoms with E-state index in [2.05, 4.69) is 15.9 Å². The number of halogens is 1. The van der Waals surface area contributed by atoms with Gasteiger partial charge in [-0.3, -0.25) is 0 Å². The molecule has 0 saturated carbocycles. The van der Waals surface area contributed by atoms with Crippen molar-refractivity contribution >= 4 is 15.9 Å². The third-order valence-corrected chi connectivity index (χ3v) is 4.29. The average molecular weight is 328 g/mol. The fraction of sp³-hybridized carbons (Fsp3) is 0.571. The first-order valence-corrected chi connectivity index (χ1v) is 7.49. The van der Waals surface area contributed by atoms with E-state index in [9.17, 15) is 0 Å². The molecule has 2 atom stereocenters. The topological polar surface area (TPSA) is 53.7 Å². The Morgan fingerprint density at radius 2 is 1.95 bits per heavy atom. The lowest BCUT2D eigenvalue weighted by Crippen LogP contribution is -2.20. The highest BCUT2D eigenvalue weighted by Gasteiger charge is 2.23. The molecule has 1 saturated heterocycles. The number of rotatable bonds is 3. The van der Waals surface area contributed by atoms with Crippen LogP contribution in [0.2, 0.25) is 0 Å². The number of ether oxygens (including phenoxy) is 3. The van der Waals surface area contributed by atoms with E-state index in [1.165, 1.54) is 0 Å². The highest BCUT2D eigenvalue weighted by atomic mass is 79.9. The van der Waals surface area contributed by atoms with Crippen LogP contribution in [0.1, 0.15) is 30.9 Å². The van der Waals surface area contributed by atoms with Crippen molar-refractivity contribution in [1.82, 2.24) is 0 Å². The second-order valence-corrected chi connectivity index (χ2v) is 5.85. The number of fused-ring (bicyclic) bond motifs is 1. The van der Waals surface area contributed by atoms with Gasteiger partial charge in [-0.1, -0.05) is 15.9 Å². The van der Waals surface area contributed by atoms with Crippen LogP contribution in [0.4, 0.5) is 0 Å². The molecule has 2 aliphatic rings. The fourth-order valence-corrected chi connectivity index (χ4v) is 3.22. The smallest absolute Gasteiger partial charge is 0.162 e. The number of benzene rings is 1. The minimum Gasteiger partial charge on any atom is -0.486 e. The summed E-state index contributed by atoms with van der Waals surface area (Å²) in [7, 11) is 0. The molecule has 1 aromatic rings. The summed E-state index contributed by atoms with van der Waals surface area (Å²) >= 11 is 3.57. The van der Waals surface area contributed by atoms with Gasteiger partial charge in [-0.2, -0.15) is 0 Å². The van der Waals surface area contributed by atoms with E-state index in [1.807, 2.05) is 12.1 Å². The standard InChI is InChI=1S/C14H18BrNO3/c15-11-8-14-13(18-4-5-19-14)7-10(11)12(16)6-9-2-1-3-17-9/h7-9,12H,1-6,16H2. The zero-order chi connectivity index (χ0) is 13.2. The van der Waals surface area contributed by atoms with Gasteiger partial charge in [0.15, 0.2) is 11.5 Å². The maximum absolute atomic E-state index is 6.30. The molecule has 0 aromatic heterocycles. The lowest BCUT2D eigenvalue weighted by molar-refractivity contribution is 0.0982. The second kappa shape index (κ2) is 5.69. The molecule has 1 fully saturated rings. The Kier molecular flexibility index (Phi) is 3.96. The molecule has 2 unspecified atom stereocenters. The monoisotopic (exact) mass is 327 g/mol. The summed E-state index contributed by atoms with van der Waals surface area (Å²) in [6.07, 6.45) is 3.38. The Hall–Kier alpha value is -0.780. The highest BCUT2D eigenvalue weighted by Crippen LogP contribution is 2.38. The molecule has 0 aliphatic carbocycles. The maximum Gasteiger partial charge on any atom is 0.162 e. The summed E-state index contributed by atoms with van der Waals surface area (Å²) < 4.78 is 17.8. The summed E-state index contributed by atoms with van der Waals surface area (Å²) in [5, 5.41) is 0. The second-order valence-electron chi connectivity index (χ2n) is 4.99. The van der Waals surface area contributed by atoms with Crippen LogP contribution in [0.25, 0.3) is 0 Å². The van der Waals surface area contributed by atoms with Gasteiger partial charge in [0.1, 0.15) is 13.2 Å². The Bertz CT molecular complexity index is 460. The minimum atomic E-state index is -0.0479. The highest BCUT2D eigenvalue weighted by molar-refractivity contribution is 9.10. The van der Waals surface area contributed by atoms with Crippen molar-refractivity contribution in [2.24, 2.45) is 5.73 Å². The normalized spacial score (nSPS) is 23.4. The van der Waals surface area contributed by atoms with Crippen molar-refractivity contribution in [3.05, 3.63) is 22.2 Å². The first kappa shape index (κ1) is 13.2. The van der Waals surface area contributed by atoms with Gasteiger partial charge >= 0.3 is 0 Å². The molecule has 2 heterocycles. The number of hydrogen-bond acceptors (Lipinski definition) is 4. The molecule has 2 N–H and O–H groups in total. The Labute approximate surface area is 121 Å². The Balaban J connectivity index is 1.78. The molecule has 0 amide bonds. The van der Waals surface area contributed by atoms with Gasteiger partial charge in [0, 0.05) is 17.1 Å². The van der Waals surface area contributed by atoms with Crippen LogP contribution in [-0.4, -0.2) is 25.9 Å². The SMILES string of the molecule is NC(CC1CCCO1)c1cc2c(cc1Br)OCCO2. The summed E-state index contributed by atoms with van der Waals surface area (Å²) in [5.41, 5.74) is 7.36. The molecule has 19 heavy (non-hydrogen) atoms. The van der Waals surface area contributed by atoms with Gasteiger partial charge in [0.05, 0.1) is 6.10 Å². The molecular weight excluding hydrogens is 310 g/mol. The van der Waals surface area contributed by atoms with Gasteiger partial charge in [0.2, 0.25) is 0 Å². The molecule has 5 heteroatoms. The average Bonchev–Trinajstić information content (AvgIpc) is 2.90. The van der Waals surface area contributed by atoms with Crippen molar-refractivity contribution in [3.63, 3.8) is 0 Å². The van der Waals surface area contributed by atoms with Crippen LogP contribution in [-0.2, 0) is 4.74 Å². The van der Waals surface area contributed by atoms with E-state index < -0.39 is 0 Å². The van der Waals surface area contributed by atoms with Gasteiger partial charge in [0.25, 0.3) is 0 Å². The van der Waals surface area contributed by atoms with E-state index in [4.69, 9.17) is 19.9 Å². The van der Waals surface area contributed by atoms with Crippen LogP contribution in [0.5, 0.6) is 11.5 Å². The van der Waals surface area contributed by atoms with Crippen LogP contribution in [0, 0.1) is 0 Å². The van der Waals surface area contributed by atoms with Gasteiger partial charge < -0.3 is 19.9 Å². The molecule has 104 valence electrons. The van der Waals surface area contributed by atoms with Crippen LogP contribution in [0.3, 0.4) is 0 Å². The quantitative estimate of drug-likeness (QED) is 0.927. The molecule has 4 nitrogen and oxygen atoms in total. The lowest BCUT2D eigenvalue weighted by atomic mass is 9.99. The van der Waals surface area contributed by atoms with Crippen LogP contribution in [0.15, 0.2) is 16.6 Å². The molecule has 1 aromatic carbocycles. The van der Waals surface area contributed by atoms with Gasteiger partial charge in [-0.05, 0) is 37.0 Å². The lowest BCUT2D eigenvalue weighted by Gasteiger charge is -2.23. The van der Waals surface area contributed by atoms with Crippen molar-refractivity contribution in [1.29, 1.82) is 0 Å². The van der Waals surface area contributed by atoms with E-state index in [0.29, 0.717) is 13.2 Å². The largest absolute Gasteiger partial charge is 0.486 e. The number of nitrogens with two attached hydrogens (primary N) is 1. The predicted octanol–water partition coefficient (Wildman–Crippen LogP) is 2.79. The third-order valence-electron chi connectivity index (χ3n) is 3.60. The summed E-state index contributed by atoms with van der Waals surface area (Å²) in [4.78, 5) is 0. The van der Waals surface area contributed by atoms with E-state index in [-0.39, 0.29) is 12.1 Å². The third kappa shape index (κ3) is 2.88. The van der Waals surface area contributed by atoms with Gasteiger partial charge in [-0.15, -0.1) is 0 Å². The molecule has 3 rings (SSSR count). The van der Waals surface area contributed by atoms with E-state index >= 15 is 0 Å². The first-order chi connectivity index (χ1) is 9.24. The first-order valence-electron chi connectivity index (χ1n) is 6.70. The Morgan fingerprint density at radius 1 is 1.21 bits per heavy atom. The molecule has 0 bridgehead atoms. The maximum atomic E-state index is 6.30. The van der Waals surface area contributed by atoms with Gasteiger partial charge in [-0.25, -0.2) is 0 Å². The summed E-state index contributed by atoms with van der Waals surface area (Å²) in [6.45, 7) is 2.05. The number of hydrogen-bond donors (Lipinski definition) is 1. The zero-order valence-electron chi connectivity index (χ0n) is 10.7. The minimum absolute atomic E-state index is 0.0479. The van der Waals surface area contributed by atoms with Crippen molar-refractivity contribution in [2.75, 3.05) is 19.8 Å². The summed E-state index contributed by atoms with van der Waals surface area (Å²) in [5.74, 6) is 1.57. The predicted molar refractivity (Wildman–Crippen MR) is 75.7 cm³/mol.